The molecule has 94 valence electrons. The van der Waals surface area contributed by atoms with Gasteiger partial charge in [0.05, 0.1) is 20.3 Å². The topological polar surface area (TPSA) is 55.8 Å². The summed E-state index contributed by atoms with van der Waals surface area (Å²) in [5.41, 5.74) is 1.74. The van der Waals surface area contributed by atoms with Gasteiger partial charge in [-0.25, -0.2) is 0 Å². The first-order chi connectivity index (χ1) is 8.21. The average molecular weight is 238 g/mol. The van der Waals surface area contributed by atoms with Gasteiger partial charge < -0.3 is 14.6 Å². The number of methoxy groups -OCH3 is 1. The highest BCUT2D eigenvalue weighted by molar-refractivity contribution is 5.69. The molecule has 0 unspecified atom stereocenters. The van der Waals surface area contributed by atoms with Crippen molar-refractivity contribution in [1.29, 1.82) is 0 Å². The normalized spacial score (nSPS) is 10.1. The van der Waals surface area contributed by atoms with Crippen LogP contribution >= 0.6 is 0 Å². The Kier molecular flexibility index (Phi) is 5.49. The Morgan fingerprint density at radius 3 is 2.76 bits per heavy atom. The monoisotopic (exact) mass is 238 g/mol. The standard InChI is InChI=1S/C13H18O4/c1-3-17-13(15)7-6-11-5-4-10(9-14)8-12(11)16-2/h4-5,8,14H,3,6-7,9H2,1-2H3. The molecule has 1 aromatic carbocycles. The third-order valence-corrected chi connectivity index (χ3v) is 2.44. The van der Waals surface area contributed by atoms with Gasteiger partial charge in [0, 0.05) is 6.42 Å². The van der Waals surface area contributed by atoms with Crippen LogP contribution in [0.15, 0.2) is 18.2 Å². The molecule has 0 radical (unpaired) electrons. The van der Waals surface area contributed by atoms with E-state index in [0.29, 0.717) is 25.2 Å². The second-order valence-electron chi connectivity index (χ2n) is 3.61. The van der Waals surface area contributed by atoms with Crippen LogP contribution in [0.1, 0.15) is 24.5 Å². The molecule has 4 heteroatoms. The predicted octanol–water partition coefficient (Wildman–Crippen LogP) is 1.68. The lowest BCUT2D eigenvalue weighted by Crippen LogP contribution is -2.06. The Balaban J connectivity index is 2.67. The third kappa shape index (κ3) is 4.07. The number of benzene rings is 1. The van der Waals surface area contributed by atoms with Crippen LogP contribution in [0.3, 0.4) is 0 Å². The molecule has 0 atom stereocenters. The molecule has 0 aliphatic heterocycles. The van der Waals surface area contributed by atoms with Gasteiger partial charge in [-0.05, 0) is 30.5 Å². The zero-order chi connectivity index (χ0) is 12.7. The van der Waals surface area contributed by atoms with Crippen LogP contribution in [0.5, 0.6) is 5.75 Å². The maximum atomic E-state index is 11.2. The van der Waals surface area contributed by atoms with E-state index in [-0.39, 0.29) is 12.6 Å². The van der Waals surface area contributed by atoms with Gasteiger partial charge in [0.1, 0.15) is 5.75 Å². The summed E-state index contributed by atoms with van der Waals surface area (Å²) in [6, 6.07) is 5.47. The summed E-state index contributed by atoms with van der Waals surface area (Å²) in [4.78, 5) is 11.2. The quantitative estimate of drug-likeness (QED) is 0.766. The number of rotatable bonds is 6. The van der Waals surface area contributed by atoms with E-state index in [0.717, 1.165) is 11.1 Å². The van der Waals surface area contributed by atoms with Crippen LogP contribution < -0.4 is 4.74 Å². The van der Waals surface area contributed by atoms with Crippen molar-refractivity contribution in [2.75, 3.05) is 13.7 Å². The van der Waals surface area contributed by atoms with E-state index in [2.05, 4.69) is 0 Å². The van der Waals surface area contributed by atoms with Crippen LogP contribution in [0.25, 0.3) is 0 Å². The van der Waals surface area contributed by atoms with Crippen molar-refractivity contribution in [1.82, 2.24) is 0 Å². The molecule has 0 aliphatic rings. The van der Waals surface area contributed by atoms with Crippen LogP contribution in [0, 0.1) is 0 Å². The second kappa shape index (κ2) is 6.91. The van der Waals surface area contributed by atoms with Crippen LogP contribution in [-0.4, -0.2) is 24.8 Å². The van der Waals surface area contributed by atoms with Crippen molar-refractivity contribution >= 4 is 5.97 Å². The largest absolute Gasteiger partial charge is 0.496 e. The van der Waals surface area contributed by atoms with Crippen LogP contribution in [0.4, 0.5) is 0 Å². The molecule has 0 aliphatic carbocycles. The fourth-order valence-corrected chi connectivity index (χ4v) is 1.56. The van der Waals surface area contributed by atoms with Crippen molar-refractivity contribution in [3.63, 3.8) is 0 Å². The number of aliphatic hydroxyl groups excluding tert-OH is 1. The zero-order valence-electron chi connectivity index (χ0n) is 10.2. The Morgan fingerprint density at radius 2 is 2.18 bits per heavy atom. The molecule has 0 aromatic heterocycles. The molecule has 0 bridgehead atoms. The maximum absolute atomic E-state index is 11.2. The van der Waals surface area contributed by atoms with E-state index >= 15 is 0 Å². The van der Waals surface area contributed by atoms with E-state index in [9.17, 15) is 4.79 Å². The molecule has 4 nitrogen and oxygen atoms in total. The molecule has 1 N–H and O–H groups in total. The number of ether oxygens (including phenoxy) is 2. The summed E-state index contributed by atoms with van der Waals surface area (Å²) in [5.74, 6) is 0.488. The van der Waals surface area contributed by atoms with Crippen molar-refractivity contribution in [2.24, 2.45) is 0 Å². The number of aryl methyl sites for hydroxylation is 1. The first-order valence-corrected chi connectivity index (χ1v) is 5.63. The number of aliphatic hydroxyl groups is 1. The highest BCUT2D eigenvalue weighted by atomic mass is 16.5. The van der Waals surface area contributed by atoms with Gasteiger partial charge in [0.25, 0.3) is 0 Å². The van der Waals surface area contributed by atoms with Crippen molar-refractivity contribution < 1.29 is 19.4 Å². The fraction of sp³-hybridized carbons (Fsp3) is 0.462. The first kappa shape index (κ1) is 13.5. The molecular formula is C13H18O4. The number of hydrogen-bond donors (Lipinski definition) is 1. The van der Waals surface area contributed by atoms with E-state index in [1.807, 2.05) is 12.1 Å². The highest BCUT2D eigenvalue weighted by Gasteiger charge is 2.08. The van der Waals surface area contributed by atoms with Gasteiger partial charge in [0.15, 0.2) is 0 Å². The molecular weight excluding hydrogens is 220 g/mol. The minimum Gasteiger partial charge on any atom is -0.496 e. The Bertz CT molecular complexity index is 374. The van der Waals surface area contributed by atoms with Gasteiger partial charge in [-0.1, -0.05) is 12.1 Å². The van der Waals surface area contributed by atoms with E-state index in [4.69, 9.17) is 14.6 Å². The smallest absolute Gasteiger partial charge is 0.306 e. The van der Waals surface area contributed by atoms with Gasteiger partial charge in [-0.3, -0.25) is 4.79 Å². The third-order valence-electron chi connectivity index (χ3n) is 2.44. The summed E-state index contributed by atoms with van der Waals surface area (Å²) >= 11 is 0. The number of carbonyl (C=O) groups excluding carboxylic acids is 1. The Morgan fingerprint density at radius 1 is 1.41 bits per heavy atom. The summed E-state index contributed by atoms with van der Waals surface area (Å²) in [6.07, 6.45) is 0.913. The van der Waals surface area contributed by atoms with Crippen molar-refractivity contribution in [2.45, 2.75) is 26.4 Å². The molecule has 1 aromatic rings. The molecule has 0 saturated heterocycles. The zero-order valence-corrected chi connectivity index (χ0v) is 10.2. The lowest BCUT2D eigenvalue weighted by Gasteiger charge is -2.09. The maximum Gasteiger partial charge on any atom is 0.306 e. The molecule has 0 fully saturated rings. The van der Waals surface area contributed by atoms with Gasteiger partial charge in [-0.2, -0.15) is 0 Å². The Hall–Kier alpha value is -1.55. The van der Waals surface area contributed by atoms with Crippen molar-refractivity contribution in [3.8, 4) is 5.75 Å². The number of esters is 1. The van der Waals surface area contributed by atoms with Gasteiger partial charge in [-0.15, -0.1) is 0 Å². The molecule has 0 spiro atoms. The number of hydrogen-bond acceptors (Lipinski definition) is 4. The second-order valence-corrected chi connectivity index (χ2v) is 3.61. The summed E-state index contributed by atoms with van der Waals surface area (Å²) < 4.78 is 10.1. The lowest BCUT2D eigenvalue weighted by atomic mass is 10.1. The minimum atomic E-state index is -0.208. The first-order valence-electron chi connectivity index (χ1n) is 5.63. The Labute approximate surface area is 101 Å². The van der Waals surface area contributed by atoms with E-state index in [1.165, 1.54) is 0 Å². The fourth-order valence-electron chi connectivity index (χ4n) is 1.56. The molecule has 1 rings (SSSR count). The minimum absolute atomic E-state index is 0.0193. The molecule has 17 heavy (non-hydrogen) atoms. The van der Waals surface area contributed by atoms with Crippen LogP contribution in [0.2, 0.25) is 0 Å². The van der Waals surface area contributed by atoms with E-state index < -0.39 is 0 Å². The summed E-state index contributed by atoms with van der Waals surface area (Å²) in [5, 5.41) is 9.01. The molecule has 0 amide bonds. The molecule has 0 saturated carbocycles. The summed E-state index contributed by atoms with van der Waals surface area (Å²) in [7, 11) is 1.57. The highest BCUT2D eigenvalue weighted by Crippen LogP contribution is 2.21. The van der Waals surface area contributed by atoms with E-state index in [1.54, 1.807) is 20.1 Å². The predicted molar refractivity (Wildman–Crippen MR) is 63.9 cm³/mol. The lowest BCUT2D eigenvalue weighted by molar-refractivity contribution is -0.143. The van der Waals surface area contributed by atoms with Crippen molar-refractivity contribution in [3.05, 3.63) is 29.3 Å². The number of carbonyl (C=O) groups is 1. The molecule has 0 heterocycles. The van der Waals surface area contributed by atoms with Crippen LogP contribution in [-0.2, 0) is 22.6 Å². The summed E-state index contributed by atoms with van der Waals surface area (Å²) in [6.45, 7) is 2.17. The van der Waals surface area contributed by atoms with Gasteiger partial charge >= 0.3 is 5.97 Å². The SMILES string of the molecule is CCOC(=O)CCc1ccc(CO)cc1OC. The van der Waals surface area contributed by atoms with Gasteiger partial charge in [0.2, 0.25) is 0 Å². The average Bonchev–Trinajstić information content (AvgIpc) is 2.36.